The van der Waals surface area contributed by atoms with Gasteiger partial charge < -0.3 is 15.5 Å². The molecule has 0 aliphatic carbocycles. The van der Waals surface area contributed by atoms with Crippen molar-refractivity contribution in [2.24, 2.45) is 0 Å². The Labute approximate surface area is 144 Å². The summed E-state index contributed by atoms with van der Waals surface area (Å²) in [6.07, 6.45) is 0. The molecule has 122 valence electrons. The SMILES string of the molecule is CNCCN(C)C(=O)c1ccsc1NC(=O)c1ccccc1Cl. The minimum absolute atomic E-state index is 0.129. The summed E-state index contributed by atoms with van der Waals surface area (Å²) in [6.45, 7) is 1.29. The van der Waals surface area contributed by atoms with Gasteiger partial charge in [0.1, 0.15) is 5.00 Å². The van der Waals surface area contributed by atoms with E-state index in [1.54, 1.807) is 47.7 Å². The maximum absolute atomic E-state index is 12.4. The van der Waals surface area contributed by atoms with Crippen LogP contribution in [0.15, 0.2) is 35.7 Å². The predicted octanol–water partition coefficient (Wildman–Crippen LogP) is 2.95. The number of carbonyl (C=O) groups is 2. The van der Waals surface area contributed by atoms with Crippen molar-refractivity contribution in [2.45, 2.75) is 0 Å². The van der Waals surface area contributed by atoms with E-state index in [9.17, 15) is 9.59 Å². The number of nitrogens with zero attached hydrogens (tertiary/aromatic N) is 1. The minimum atomic E-state index is -0.329. The summed E-state index contributed by atoms with van der Waals surface area (Å²) >= 11 is 7.34. The van der Waals surface area contributed by atoms with Crippen LogP contribution in [0.4, 0.5) is 5.00 Å². The number of rotatable bonds is 6. The maximum atomic E-state index is 12.4. The Bertz CT molecular complexity index is 702. The van der Waals surface area contributed by atoms with Gasteiger partial charge in [0, 0.05) is 20.1 Å². The number of hydrogen-bond acceptors (Lipinski definition) is 4. The summed E-state index contributed by atoms with van der Waals surface area (Å²) in [6, 6.07) is 8.52. The van der Waals surface area contributed by atoms with Crippen molar-refractivity contribution in [3.8, 4) is 0 Å². The summed E-state index contributed by atoms with van der Waals surface area (Å²) in [5, 5.41) is 8.45. The van der Waals surface area contributed by atoms with Gasteiger partial charge in [-0.15, -0.1) is 11.3 Å². The number of hydrogen-bond donors (Lipinski definition) is 2. The van der Waals surface area contributed by atoms with Gasteiger partial charge in [-0.3, -0.25) is 9.59 Å². The van der Waals surface area contributed by atoms with Crippen LogP contribution in [-0.4, -0.2) is 43.9 Å². The van der Waals surface area contributed by atoms with E-state index in [2.05, 4.69) is 10.6 Å². The Kier molecular flexibility index (Phi) is 6.15. The molecule has 0 spiro atoms. The quantitative estimate of drug-likeness (QED) is 0.841. The Balaban J connectivity index is 2.14. The number of thiophene rings is 1. The molecule has 0 radical (unpaired) electrons. The van der Waals surface area contributed by atoms with Crippen LogP contribution < -0.4 is 10.6 Å². The van der Waals surface area contributed by atoms with Gasteiger partial charge in [0.2, 0.25) is 0 Å². The predicted molar refractivity (Wildman–Crippen MR) is 94.6 cm³/mol. The number of benzene rings is 1. The summed E-state index contributed by atoms with van der Waals surface area (Å²) in [7, 11) is 3.56. The normalized spacial score (nSPS) is 10.4. The largest absolute Gasteiger partial charge is 0.340 e. The van der Waals surface area contributed by atoms with E-state index in [1.807, 2.05) is 7.05 Å². The summed E-state index contributed by atoms with van der Waals surface area (Å²) in [5.74, 6) is -0.457. The molecule has 2 amide bonds. The lowest BCUT2D eigenvalue weighted by Gasteiger charge is -2.17. The molecule has 1 heterocycles. The average molecular weight is 352 g/mol. The third kappa shape index (κ3) is 4.31. The van der Waals surface area contributed by atoms with Crippen LogP contribution in [0.5, 0.6) is 0 Å². The first kappa shape index (κ1) is 17.5. The lowest BCUT2D eigenvalue weighted by molar-refractivity contribution is 0.0798. The number of anilines is 1. The van der Waals surface area contributed by atoms with Crippen molar-refractivity contribution in [3.05, 3.63) is 51.9 Å². The van der Waals surface area contributed by atoms with Crippen molar-refractivity contribution in [1.82, 2.24) is 10.2 Å². The molecule has 1 aromatic carbocycles. The van der Waals surface area contributed by atoms with E-state index < -0.39 is 0 Å². The molecule has 23 heavy (non-hydrogen) atoms. The molecule has 2 N–H and O–H groups in total. The van der Waals surface area contributed by atoms with Crippen LogP contribution in [0.2, 0.25) is 5.02 Å². The van der Waals surface area contributed by atoms with Crippen molar-refractivity contribution in [2.75, 3.05) is 32.5 Å². The second-order valence-electron chi connectivity index (χ2n) is 4.93. The van der Waals surface area contributed by atoms with Crippen molar-refractivity contribution in [1.29, 1.82) is 0 Å². The van der Waals surface area contributed by atoms with E-state index in [1.165, 1.54) is 11.3 Å². The molecular formula is C16H18ClN3O2S. The topological polar surface area (TPSA) is 61.4 Å². The molecule has 0 aliphatic heterocycles. The highest BCUT2D eigenvalue weighted by molar-refractivity contribution is 7.14. The van der Waals surface area contributed by atoms with Crippen LogP contribution in [0, 0.1) is 0 Å². The van der Waals surface area contributed by atoms with E-state index >= 15 is 0 Å². The van der Waals surface area contributed by atoms with Gasteiger partial charge in [-0.05, 0) is 30.6 Å². The van der Waals surface area contributed by atoms with Crippen molar-refractivity contribution < 1.29 is 9.59 Å². The maximum Gasteiger partial charge on any atom is 0.257 e. The highest BCUT2D eigenvalue weighted by Crippen LogP contribution is 2.26. The second kappa shape index (κ2) is 8.10. The smallest absolute Gasteiger partial charge is 0.257 e. The molecule has 1 aromatic heterocycles. The summed E-state index contributed by atoms with van der Waals surface area (Å²) in [4.78, 5) is 26.4. The van der Waals surface area contributed by atoms with Crippen molar-refractivity contribution >= 4 is 39.8 Å². The minimum Gasteiger partial charge on any atom is -0.340 e. The molecule has 7 heteroatoms. The Morgan fingerprint density at radius 1 is 1.22 bits per heavy atom. The van der Waals surface area contributed by atoms with Crippen LogP contribution >= 0.6 is 22.9 Å². The highest BCUT2D eigenvalue weighted by atomic mass is 35.5. The first-order valence-corrected chi connectivity index (χ1v) is 8.33. The van der Waals surface area contributed by atoms with Gasteiger partial charge in [-0.25, -0.2) is 0 Å². The third-order valence-corrected chi connectivity index (χ3v) is 4.44. The Hall–Kier alpha value is -1.89. The summed E-state index contributed by atoms with van der Waals surface area (Å²) < 4.78 is 0. The van der Waals surface area contributed by atoms with E-state index in [4.69, 9.17) is 11.6 Å². The van der Waals surface area contributed by atoms with Gasteiger partial charge in [0.05, 0.1) is 16.1 Å². The third-order valence-electron chi connectivity index (χ3n) is 3.29. The van der Waals surface area contributed by atoms with E-state index in [0.29, 0.717) is 34.2 Å². The fourth-order valence-electron chi connectivity index (χ4n) is 1.98. The average Bonchev–Trinajstić information content (AvgIpc) is 3.00. The first-order chi connectivity index (χ1) is 11.0. The molecule has 5 nitrogen and oxygen atoms in total. The summed E-state index contributed by atoms with van der Waals surface area (Å²) in [5.41, 5.74) is 0.860. The molecule has 0 atom stereocenters. The Morgan fingerprint density at radius 3 is 2.65 bits per heavy atom. The van der Waals surface area contributed by atoms with Crippen LogP contribution in [-0.2, 0) is 0 Å². The van der Waals surface area contributed by atoms with Crippen LogP contribution in [0.25, 0.3) is 0 Å². The molecule has 2 aromatic rings. The molecule has 0 fully saturated rings. The van der Waals surface area contributed by atoms with Crippen molar-refractivity contribution in [3.63, 3.8) is 0 Å². The second-order valence-corrected chi connectivity index (χ2v) is 6.25. The number of likely N-dealkylation sites (N-methyl/N-ethyl adjacent to an activating group) is 2. The number of nitrogens with one attached hydrogen (secondary N) is 2. The first-order valence-electron chi connectivity index (χ1n) is 7.08. The van der Waals surface area contributed by atoms with Gasteiger partial charge in [0.15, 0.2) is 0 Å². The number of amides is 2. The molecule has 0 bridgehead atoms. The standard InChI is InChI=1S/C16H18ClN3O2S/c1-18-8-9-20(2)16(22)12-7-10-23-15(12)19-14(21)11-5-3-4-6-13(11)17/h3-7,10,18H,8-9H2,1-2H3,(H,19,21). The zero-order valence-electron chi connectivity index (χ0n) is 12.9. The molecular weight excluding hydrogens is 334 g/mol. The lowest BCUT2D eigenvalue weighted by atomic mass is 10.2. The number of halogens is 1. The molecule has 2 rings (SSSR count). The van der Waals surface area contributed by atoms with Gasteiger partial charge in [0.25, 0.3) is 11.8 Å². The molecule has 0 saturated carbocycles. The fourth-order valence-corrected chi connectivity index (χ4v) is 2.97. The molecule has 0 saturated heterocycles. The zero-order chi connectivity index (χ0) is 16.8. The fraction of sp³-hybridized carbons (Fsp3) is 0.250. The molecule has 0 aliphatic rings. The van der Waals surface area contributed by atoms with Crippen LogP contribution in [0.1, 0.15) is 20.7 Å². The van der Waals surface area contributed by atoms with Gasteiger partial charge in [-0.2, -0.15) is 0 Å². The molecule has 0 unspecified atom stereocenters. The van der Waals surface area contributed by atoms with Gasteiger partial charge >= 0.3 is 0 Å². The monoisotopic (exact) mass is 351 g/mol. The number of carbonyl (C=O) groups excluding carboxylic acids is 2. The highest BCUT2D eigenvalue weighted by Gasteiger charge is 2.19. The van der Waals surface area contributed by atoms with Gasteiger partial charge in [-0.1, -0.05) is 23.7 Å². The Morgan fingerprint density at radius 2 is 1.96 bits per heavy atom. The van der Waals surface area contributed by atoms with E-state index in [-0.39, 0.29) is 11.8 Å². The zero-order valence-corrected chi connectivity index (χ0v) is 14.5. The lowest BCUT2D eigenvalue weighted by Crippen LogP contribution is -2.33. The van der Waals surface area contributed by atoms with E-state index in [0.717, 1.165) is 0 Å². The van der Waals surface area contributed by atoms with Crippen LogP contribution in [0.3, 0.4) is 0 Å².